The Morgan fingerprint density at radius 1 is 1.05 bits per heavy atom. The van der Waals surface area contributed by atoms with Crippen molar-refractivity contribution >= 4 is 5.91 Å². The van der Waals surface area contributed by atoms with Crippen LogP contribution in [0.1, 0.15) is 58.3 Å². The maximum atomic E-state index is 12.9. The Morgan fingerprint density at radius 2 is 1.73 bits per heavy atom. The molecule has 2 saturated heterocycles. The number of carbonyl (C=O) groups is 1. The monoisotopic (exact) mass is 307 g/mol. The van der Waals surface area contributed by atoms with Crippen LogP contribution in [-0.4, -0.2) is 54.0 Å². The number of piperidine rings is 1. The number of nitrogens with two attached hydrogens (primary N) is 1. The Kier molecular flexibility index (Phi) is 5.08. The third-order valence-electron chi connectivity index (χ3n) is 6.19. The van der Waals surface area contributed by atoms with Crippen molar-refractivity contribution in [2.45, 2.75) is 63.8 Å². The van der Waals surface area contributed by atoms with Gasteiger partial charge in [-0.15, -0.1) is 0 Å². The molecule has 4 heteroatoms. The summed E-state index contributed by atoms with van der Waals surface area (Å²) < 4.78 is 0. The quantitative estimate of drug-likeness (QED) is 0.870. The molecule has 2 heterocycles. The first-order valence-corrected chi connectivity index (χ1v) is 9.36. The Balaban J connectivity index is 1.49. The molecule has 1 amide bonds. The van der Waals surface area contributed by atoms with Gasteiger partial charge in [0.2, 0.25) is 5.91 Å². The molecule has 0 radical (unpaired) electrons. The van der Waals surface area contributed by atoms with Gasteiger partial charge in [-0.3, -0.25) is 4.79 Å². The second-order valence-electron chi connectivity index (χ2n) is 8.08. The van der Waals surface area contributed by atoms with Crippen molar-refractivity contribution < 1.29 is 4.79 Å². The minimum absolute atomic E-state index is 0.0522. The second-order valence-corrected chi connectivity index (χ2v) is 8.08. The molecule has 0 aromatic rings. The number of rotatable bonds is 3. The van der Waals surface area contributed by atoms with Gasteiger partial charge in [-0.05, 0) is 64.5 Å². The molecule has 0 aromatic carbocycles. The zero-order valence-electron chi connectivity index (χ0n) is 14.2. The van der Waals surface area contributed by atoms with Crippen molar-refractivity contribution in [2.75, 3.05) is 32.7 Å². The summed E-state index contributed by atoms with van der Waals surface area (Å²) in [6.45, 7) is 7.79. The van der Waals surface area contributed by atoms with Crippen molar-refractivity contribution in [3.63, 3.8) is 0 Å². The number of carbonyl (C=O) groups excluding carboxylic acids is 1. The minimum Gasteiger partial charge on any atom is -0.342 e. The molecule has 2 atom stereocenters. The second kappa shape index (κ2) is 6.88. The molecule has 1 saturated carbocycles. The predicted octanol–water partition coefficient (Wildman–Crippen LogP) is 2.23. The first-order chi connectivity index (χ1) is 10.6. The van der Waals surface area contributed by atoms with Crippen LogP contribution in [0.5, 0.6) is 0 Å². The molecule has 2 N–H and O–H groups in total. The third kappa shape index (κ3) is 3.65. The summed E-state index contributed by atoms with van der Waals surface area (Å²) >= 11 is 0. The van der Waals surface area contributed by atoms with E-state index in [4.69, 9.17) is 5.73 Å². The van der Waals surface area contributed by atoms with Gasteiger partial charge in [0.1, 0.15) is 0 Å². The lowest BCUT2D eigenvalue weighted by Crippen LogP contribution is -2.55. The molecule has 1 aliphatic carbocycles. The lowest BCUT2D eigenvalue weighted by molar-refractivity contribution is -0.140. The van der Waals surface area contributed by atoms with Crippen molar-refractivity contribution in [2.24, 2.45) is 17.6 Å². The van der Waals surface area contributed by atoms with Crippen molar-refractivity contribution in [3.05, 3.63) is 0 Å². The molecular weight excluding hydrogens is 274 g/mol. The Labute approximate surface area is 135 Å². The zero-order valence-corrected chi connectivity index (χ0v) is 14.2. The van der Waals surface area contributed by atoms with E-state index >= 15 is 0 Å². The molecular formula is C18H33N3O. The molecule has 0 spiro atoms. The standard InChI is InChI=1S/C18H33N3O/c1-18(19)9-3-2-6-16(18)17(22)21-12-7-15(8-13-21)14-20-10-4-5-11-20/h15-16H,2-14,19H2,1H3. The average molecular weight is 307 g/mol. The highest BCUT2D eigenvalue weighted by atomic mass is 16.2. The van der Waals surface area contributed by atoms with E-state index in [-0.39, 0.29) is 11.5 Å². The summed E-state index contributed by atoms with van der Waals surface area (Å²) in [5, 5.41) is 0. The van der Waals surface area contributed by atoms with Crippen LogP contribution in [0, 0.1) is 11.8 Å². The lowest BCUT2D eigenvalue weighted by atomic mass is 9.73. The van der Waals surface area contributed by atoms with E-state index in [0.717, 1.165) is 38.3 Å². The first-order valence-electron chi connectivity index (χ1n) is 9.36. The van der Waals surface area contributed by atoms with E-state index in [0.29, 0.717) is 5.91 Å². The highest BCUT2D eigenvalue weighted by Gasteiger charge is 2.40. The maximum Gasteiger partial charge on any atom is 0.227 e. The number of nitrogens with zero attached hydrogens (tertiary/aromatic N) is 2. The Morgan fingerprint density at radius 3 is 2.36 bits per heavy atom. The van der Waals surface area contributed by atoms with Crippen LogP contribution >= 0.6 is 0 Å². The Bertz CT molecular complexity index is 382. The molecule has 0 bridgehead atoms. The largest absolute Gasteiger partial charge is 0.342 e. The highest BCUT2D eigenvalue weighted by Crippen LogP contribution is 2.34. The van der Waals surface area contributed by atoms with E-state index in [1.807, 2.05) is 0 Å². The molecule has 126 valence electrons. The normalized spacial score (nSPS) is 35.0. The molecule has 3 aliphatic rings. The van der Waals surface area contributed by atoms with Crippen molar-refractivity contribution in [3.8, 4) is 0 Å². The average Bonchev–Trinajstić information content (AvgIpc) is 3.00. The molecule has 4 nitrogen and oxygen atoms in total. The van der Waals surface area contributed by atoms with Crippen molar-refractivity contribution in [1.29, 1.82) is 0 Å². The maximum absolute atomic E-state index is 12.9. The van der Waals surface area contributed by atoms with Gasteiger partial charge in [0.25, 0.3) is 0 Å². The summed E-state index contributed by atoms with van der Waals surface area (Å²) in [6, 6.07) is 0. The lowest BCUT2D eigenvalue weighted by Gasteiger charge is -2.42. The van der Waals surface area contributed by atoms with Crippen LogP contribution in [-0.2, 0) is 4.79 Å². The van der Waals surface area contributed by atoms with E-state index < -0.39 is 0 Å². The summed E-state index contributed by atoms with van der Waals surface area (Å²) in [5.74, 6) is 1.18. The fourth-order valence-electron chi connectivity index (χ4n) is 4.65. The van der Waals surface area contributed by atoms with Gasteiger partial charge in [0.15, 0.2) is 0 Å². The van der Waals surface area contributed by atoms with E-state index in [2.05, 4.69) is 16.7 Å². The smallest absolute Gasteiger partial charge is 0.227 e. The highest BCUT2D eigenvalue weighted by molar-refractivity contribution is 5.80. The Hall–Kier alpha value is -0.610. The third-order valence-corrected chi connectivity index (χ3v) is 6.19. The van der Waals surface area contributed by atoms with E-state index in [1.165, 1.54) is 51.7 Å². The number of amides is 1. The van der Waals surface area contributed by atoms with Gasteiger partial charge in [0.05, 0.1) is 5.92 Å². The summed E-state index contributed by atoms with van der Waals surface area (Å²) in [6.07, 6.45) is 9.41. The zero-order chi connectivity index (χ0) is 15.6. The number of hydrogen-bond acceptors (Lipinski definition) is 3. The van der Waals surface area contributed by atoms with Gasteiger partial charge in [0, 0.05) is 25.2 Å². The van der Waals surface area contributed by atoms with Crippen LogP contribution in [0.15, 0.2) is 0 Å². The van der Waals surface area contributed by atoms with Gasteiger partial charge in [-0.2, -0.15) is 0 Å². The fourth-order valence-corrected chi connectivity index (χ4v) is 4.65. The molecule has 3 rings (SSSR count). The summed E-state index contributed by atoms with van der Waals surface area (Å²) in [4.78, 5) is 17.6. The molecule has 2 aliphatic heterocycles. The molecule has 3 fully saturated rings. The predicted molar refractivity (Wildman–Crippen MR) is 89.5 cm³/mol. The van der Waals surface area contributed by atoms with Gasteiger partial charge >= 0.3 is 0 Å². The number of hydrogen-bond donors (Lipinski definition) is 1. The van der Waals surface area contributed by atoms with Crippen LogP contribution in [0.25, 0.3) is 0 Å². The van der Waals surface area contributed by atoms with Crippen LogP contribution < -0.4 is 5.73 Å². The van der Waals surface area contributed by atoms with E-state index in [9.17, 15) is 4.79 Å². The van der Waals surface area contributed by atoms with Crippen LogP contribution in [0.4, 0.5) is 0 Å². The SMILES string of the molecule is CC1(N)CCCCC1C(=O)N1CCC(CN2CCCC2)CC1. The van der Waals surface area contributed by atoms with Gasteiger partial charge in [-0.25, -0.2) is 0 Å². The van der Waals surface area contributed by atoms with Gasteiger partial charge in [-0.1, -0.05) is 12.8 Å². The molecule has 0 aromatic heterocycles. The topological polar surface area (TPSA) is 49.6 Å². The van der Waals surface area contributed by atoms with Gasteiger partial charge < -0.3 is 15.5 Å². The number of likely N-dealkylation sites (tertiary alicyclic amines) is 2. The van der Waals surface area contributed by atoms with Crippen LogP contribution in [0.3, 0.4) is 0 Å². The van der Waals surface area contributed by atoms with Crippen LogP contribution in [0.2, 0.25) is 0 Å². The fraction of sp³-hybridized carbons (Fsp3) is 0.944. The minimum atomic E-state index is -0.290. The summed E-state index contributed by atoms with van der Waals surface area (Å²) in [7, 11) is 0. The van der Waals surface area contributed by atoms with Crippen molar-refractivity contribution in [1.82, 2.24) is 9.80 Å². The van der Waals surface area contributed by atoms with E-state index in [1.54, 1.807) is 0 Å². The molecule has 2 unspecified atom stereocenters. The summed E-state index contributed by atoms with van der Waals surface area (Å²) in [5.41, 5.74) is 6.12. The first kappa shape index (κ1) is 16.3. The molecule has 22 heavy (non-hydrogen) atoms.